The molecule has 0 unspecified atom stereocenters. The van der Waals surface area contributed by atoms with Crippen molar-refractivity contribution >= 4 is 52.1 Å². The highest BCUT2D eigenvalue weighted by atomic mass is 35.5. The molecule has 0 fully saturated rings. The number of hydrogen-bond donors (Lipinski definition) is 2. The molecule has 0 bridgehead atoms. The second-order valence-electron chi connectivity index (χ2n) is 4.12. The number of benzene rings is 2. The molecule has 110 valence electrons. The second kappa shape index (κ2) is 6.89. The third-order valence-corrected chi connectivity index (χ3v) is 3.41. The Morgan fingerprint density at radius 1 is 1.14 bits per heavy atom. The smallest absolute Gasteiger partial charge is 0.262 e. The second-order valence-corrected chi connectivity index (χ2v) is 5.37. The molecule has 21 heavy (non-hydrogen) atoms. The van der Waals surface area contributed by atoms with Crippen molar-refractivity contribution in [3.63, 3.8) is 0 Å². The molecule has 2 rings (SSSR count). The molecule has 0 atom stereocenters. The van der Waals surface area contributed by atoms with Crippen LogP contribution in [0, 0.1) is 0 Å². The monoisotopic (exact) mass is 344 g/mol. The molecule has 7 heteroatoms. The van der Waals surface area contributed by atoms with Crippen molar-refractivity contribution in [1.29, 1.82) is 0 Å². The molecule has 0 saturated carbocycles. The van der Waals surface area contributed by atoms with Gasteiger partial charge in [-0.25, -0.2) is 0 Å². The summed E-state index contributed by atoms with van der Waals surface area (Å²) < 4.78 is 5.32. The number of nitrogen functional groups attached to an aromatic ring is 1. The predicted molar refractivity (Wildman–Crippen MR) is 86.5 cm³/mol. The summed E-state index contributed by atoms with van der Waals surface area (Å²) in [6.45, 7) is -0.230. The van der Waals surface area contributed by atoms with E-state index < -0.39 is 5.91 Å². The number of amides is 1. The number of carbonyl (C=O) groups is 1. The summed E-state index contributed by atoms with van der Waals surface area (Å²) >= 11 is 17.7. The van der Waals surface area contributed by atoms with Crippen LogP contribution in [0.1, 0.15) is 0 Å². The minimum absolute atomic E-state index is 0.230. The Morgan fingerprint density at radius 3 is 2.57 bits per heavy atom. The molecule has 3 N–H and O–H groups in total. The van der Waals surface area contributed by atoms with Crippen molar-refractivity contribution in [2.45, 2.75) is 0 Å². The lowest BCUT2D eigenvalue weighted by molar-refractivity contribution is -0.118. The summed E-state index contributed by atoms with van der Waals surface area (Å²) in [7, 11) is 0. The third-order valence-electron chi connectivity index (χ3n) is 2.56. The van der Waals surface area contributed by atoms with Gasteiger partial charge in [0.25, 0.3) is 5.91 Å². The molecule has 2 aromatic rings. The molecule has 0 aliphatic carbocycles. The van der Waals surface area contributed by atoms with E-state index in [4.69, 9.17) is 45.3 Å². The van der Waals surface area contributed by atoms with Crippen LogP contribution >= 0.6 is 34.8 Å². The summed E-state index contributed by atoms with van der Waals surface area (Å²) in [5, 5.41) is 3.76. The Morgan fingerprint density at radius 2 is 1.90 bits per heavy atom. The number of ether oxygens (including phenoxy) is 1. The Labute approximate surface area is 136 Å². The largest absolute Gasteiger partial charge is 0.482 e. The fourth-order valence-electron chi connectivity index (χ4n) is 1.58. The zero-order chi connectivity index (χ0) is 15.4. The highest BCUT2D eigenvalue weighted by Gasteiger charge is 2.10. The molecule has 0 aromatic heterocycles. The summed E-state index contributed by atoms with van der Waals surface area (Å²) in [5.41, 5.74) is 6.47. The van der Waals surface area contributed by atoms with Crippen molar-refractivity contribution in [1.82, 2.24) is 0 Å². The molecule has 0 heterocycles. The van der Waals surface area contributed by atoms with E-state index in [1.54, 1.807) is 30.3 Å². The molecular weight excluding hydrogens is 335 g/mol. The molecule has 1 amide bonds. The summed E-state index contributed by atoms with van der Waals surface area (Å²) in [6, 6.07) is 9.69. The van der Waals surface area contributed by atoms with Gasteiger partial charge in [0.05, 0.1) is 21.4 Å². The van der Waals surface area contributed by atoms with E-state index in [1.165, 1.54) is 6.07 Å². The first-order valence-electron chi connectivity index (χ1n) is 5.89. The quantitative estimate of drug-likeness (QED) is 0.814. The van der Waals surface area contributed by atoms with Crippen LogP contribution in [0.4, 0.5) is 11.4 Å². The normalized spacial score (nSPS) is 10.2. The third kappa shape index (κ3) is 4.17. The van der Waals surface area contributed by atoms with Gasteiger partial charge in [-0.3, -0.25) is 4.79 Å². The fourth-order valence-corrected chi connectivity index (χ4v) is 2.28. The van der Waals surface area contributed by atoms with Gasteiger partial charge in [-0.15, -0.1) is 0 Å². The van der Waals surface area contributed by atoms with Crippen molar-refractivity contribution in [2.24, 2.45) is 0 Å². The van der Waals surface area contributed by atoms with Gasteiger partial charge in [-0.2, -0.15) is 0 Å². The maximum atomic E-state index is 11.8. The van der Waals surface area contributed by atoms with Gasteiger partial charge in [0.2, 0.25) is 0 Å². The summed E-state index contributed by atoms with van der Waals surface area (Å²) in [4.78, 5) is 11.8. The lowest BCUT2D eigenvalue weighted by atomic mass is 10.2. The number of nitrogens with two attached hydrogens (primary N) is 1. The molecular formula is C14H11Cl3N2O2. The standard InChI is InChI=1S/C14H11Cl3N2O2/c15-8-4-5-12(10(17)6-8)21-7-13(20)19-14-9(16)2-1-3-11(14)18/h1-6H,7,18H2,(H,19,20). The zero-order valence-corrected chi connectivity index (χ0v) is 13.0. The number of anilines is 2. The summed E-state index contributed by atoms with van der Waals surface area (Å²) in [6.07, 6.45) is 0. The molecule has 0 saturated heterocycles. The van der Waals surface area contributed by atoms with E-state index in [0.717, 1.165) is 0 Å². The number of carbonyl (C=O) groups excluding carboxylic acids is 1. The first kappa shape index (κ1) is 15.8. The van der Waals surface area contributed by atoms with E-state index in [9.17, 15) is 4.79 Å². The lowest BCUT2D eigenvalue weighted by Gasteiger charge is -2.11. The number of halogens is 3. The Hall–Kier alpha value is -1.62. The van der Waals surface area contributed by atoms with Crippen LogP contribution in [-0.4, -0.2) is 12.5 Å². The van der Waals surface area contributed by atoms with Gasteiger partial charge >= 0.3 is 0 Å². The van der Waals surface area contributed by atoms with Crippen LogP contribution in [0.3, 0.4) is 0 Å². The first-order valence-corrected chi connectivity index (χ1v) is 7.02. The van der Waals surface area contributed by atoms with Crippen LogP contribution in [0.25, 0.3) is 0 Å². The number of nitrogens with one attached hydrogen (secondary N) is 1. The molecule has 4 nitrogen and oxygen atoms in total. The maximum absolute atomic E-state index is 11.8. The number of rotatable bonds is 4. The van der Waals surface area contributed by atoms with Gasteiger partial charge < -0.3 is 15.8 Å². The highest BCUT2D eigenvalue weighted by Crippen LogP contribution is 2.29. The van der Waals surface area contributed by atoms with Gasteiger partial charge in [-0.05, 0) is 30.3 Å². The molecule has 0 aliphatic heterocycles. The van der Waals surface area contributed by atoms with E-state index in [0.29, 0.717) is 32.2 Å². The topological polar surface area (TPSA) is 64.3 Å². The minimum atomic E-state index is -0.402. The molecule has 2 aromatic carbocycles. The summed E-state index contributed by atoms with van der Waals surface area (Å²) in [5.74, 6) is -0.0378. The average Bonchev–Trinajstić information content (AvgIpc) is 2.42. The van der Waals surface area contributed by atoms with E-state index >= 15 is 0 Å². The van der Waals surface area contributed by atoms with Crippen LogP contribution < -0.4 is 15.8 Å². The average molecular weight is 346 g/mol. The Kier molecular flexibility index (Phi) is 5.17. The van der Waals surface area contributed by atoms with E-state index in [-0.39, 0.29) is 6.61 Å². The van der Waals surface area contributed by atoms with Crippen LogP contribution in [-0.2, 0) is 4.79 Å². The van der Waals surface area contributed by atoms with Gasteiger partial charge in [0.15, 0.2) is 6.61 Å². The van der Waals surface area contributed by atoms with E-state index in [1.807, 2.05) is 0 Å². The lowest BCUT2D eigenvalue weighted by Crippen LogP contribution is -2.21. The highest BCUT2D eigenvalue weighted by molar-refractivity contribution is 6.35. The maximum Gasteiger partial charge on any atom is 0.262 e. The zero-order valence-electron chi connectivity index (χ0n) is 10.7. The number of hydrogen-bond acceptors (Lipinski definition) is 3. The van der Waals surface area contributed by atoms with Crippen molar-refractivity contribution in [3.05, 3.63) is 51.5 Å². The van der Waals surface area contributed by atoms with E-state index in [2.05, 4.69) is 5.32 Å². The Bertz CT molecular complexity index is 657. The Balaban J connectivity index is 1.99. The number of para-hydroxylation sites is 1. The molecule has 0 radical (unpaired) electrons. The SMILES string of the molecule is Nc1cccc(Cl)c1NC(=O)COc1ccc(Cl)cc1Cl. The minimum Gasteiger partial charge on any atom is -0.482 e. The van der Waals surface area contributed by atoms with Crippen molar-refractivity contribution in [3.8, 4) is 5.75 Å². The molecule has 0 aliphatic rings. The van der Waals surface area contributed by atoms with Crippen molar-refractivity contribution in [2.75, 3.05) is 17.7 Å². The van der Waals surface area contributed by atoms with Gasteiger partial charge in [0, 0.05) is 5.02 Å². The fraction of sp³-hybridized carbons (Fsp3) is 0.0714. The van der Waals surface area contributed by atoms with Crippen LogP contribution in [0.15, 0.2) is 36.4 Å². The molecule has 0 spiro atoms. The van der Waals surface area contributed by atoms with Crippen molar-refractivity contribution < 1.29 is 9.53 Å². The predicted octanol–water partition coefficient (Wildman–Crippen LogP) is 4.25. The van der Waals surface area contributed by atoms with Crippen LogP contribution in [0.2, 0.25) is 15.1 Å². The van der Waals surface area contributed by atoms with Gasteiger partial charge in [0.1, 0.15) is 5.75 Å². The van der Waals surface area contributed by atoms with Gasteiger partial charge in [-0.1, -0.05) is 40.9 Å². The van der Waals surface area contributed by atoms with Crippen LogP contribution in [0.5, 0.6) is 5.75 Å². The first-order chi connectivity index (χ1) is 9.97.